The van der Waals surface area contributed by atoms with Crippen molar-refractivity contribution in [1.29, 1.82) is 0 Å². The highest BCUT2D eigenvalue weighted by atomic mass is 127. The molecule has 0 fully saturated rings. The fourth-order valence-corrected chi connectivity index (χ4v) is 2.55. The summed E-state index contributed by atoms with van der Waals surface area (Å²) in [7, 11) is 1.77. The molecule has 0 aliphatic carbocycles. The molecule has 0 atom stereocenters. The molecule has 0 aromatic carbocycles. The SMILES string of the molecule is CCCOc1ccc(CNC(=NC)NCCCn2nc(C)cc2C)cn1.I. The molecule has 0 unspecified atom stereocenters. The lowest BCUT2D eigenvalue weighted by Gasteiger charge is -2.12. The number of aliphatic imine (C=N–C) groups is 1. The van der Waals surface area contributed by atoms with E-state index in [1.807, 2.05) is 29.9 Å². The lowest BCUT2D eigenvalue weighted by molar-refractivity contribution is 0.305. The van der Waals surface area contributed by atoms with Crippen LogP contribution < -0.4 is 15.4 Å². The first kappa shape index (κ1) is 23.2. The Balaban J connectivity index is 0.00000364. The number of nitrogens with one attached hydrogen (secondary N) is 2. The Bertz CT molecular complexity index is 699. The molecule has 0 saturated carbocycles. The number of hydrogen-bond donors (Lipinski definition) is 2. The minimum atomic E-state index is 0. The van der Waals surface area contributed by atoms with Crippen LogP contribution >= 0.6 is 24.0 Å². The molecule has 2 N–H and O–H groups in total. The summed E-state index contributed by atoms with van der Waals surface area (Å²) in [5.74, 6) is 1.45. The van der Waals surface area contributed by atoms with E-state index >= 15 is 0 Å². The molecule has 2 heterocycles. The molecule has 0 aliphatic rings. The first-order chi connectivity index (χ1) is 12.6. The number of hydrogen-bond acceptors (Lipinski definition) is 4. The number of pyridine rings is 1. The minimum Gasteiger partial charge on any atom is -0.478 e. The molecule has 27 heavy (non-hydrogen) atoms. The van der Waals surface area contributed by atoms with Gasteiger partial charge in [0.05, 0.1) is 12.3 Å². The zero-order chi connectivity index (χ0) is 18.8. The number of rotatable bonds is 9. The van der Waals surface area contributed by atoms with Crippen molar-refractivity contribution in [2.24, 2.45) is 4.99 Å². The highest BCUT2D eigenvalue weighted by Crippen LogP contribution is 2.07. The van der Waals surface area contributed by atoms with Crippen LogP contribution in [0.1, 0.15) is 36.7 Å². The Morgan fingerprint density at radius 2 is 2.07 bits per heavy atom. The zero-order valence-corrected chi connectivity index (χ0v) is 19.0. The maximum Gasteiger partial charge on any atom is 0.213 e. The van der Waals surface area contributed by atoms with Crippen LogP contribution in [0.4, 0.5) is 0 Å². The third kappa shape index (κ3) is 8.15. The minimum absolute atomic E-state index is 0. The number of aromatic nitrogens is 3. The van der Waals surface area contributed by atoms with Crippen molar-refractivity contribution in [3.8, 4) is 5.88 Å². The summed E-state index contributed by atoms with van der Waals surface area (Å²) in [5.41, 5.74) is 3.34. The van der Waals surface area contributed by atoms with Gasteiger partial charge in [-0.05, 0) is 38.3 Å². The molecular weight excluding hydrogens is 455 g/mol. The van der Waals surface area contributed by atoms with E-state index in [2.05, 4.69) is 45.6 Å². The average Bonchev–Trinajstić information content (AvgIpc) is 2.97. The van der Waals surface area contributed by atoms with Gasteiger partial charge in [-0.15, -0.1) is 24.0 Å². The smallest absolute Gasteiger partial charge is 0.213 e. The summed E-state index contributed by atoms with van der Waals surface area (Å²) in [6, 6.07) is 6.01. The van der Waals surface area contributed by atoms with Gasteiger partial charge >= 0.3 is 0 Å². The van der Waals surface area contributed by atoms with E-state index in [9.17, 15) is 0 Å². The Morgan fingerprint density at radius 1 is 1.26 bits per heavy atom. The number of guanidine groups is 1. The fraction of sp³-hybridized carbons (Fsp3) is 0.526. The second-order valence-corrected chi connectivity index (χ2v) is 6.21. The van der Waals surface area contributed by atoms with Crippen molar-refractivity contribution in [2.45, 2.75) is 46.7 Å². The number of nitrogens with zero attached hydrogens (tertiary/aromatic N) is 4. The highest BCUT2D eigenvalue weighted by Gasteiger charge is 2.02. The van der Waals surface area contributed by atoms with Crippen molar-refractivity contribution in [2.75, 3.05) is 20.2 Å². The summed E-state index contributed by atoms with van der Waals surface area (Å²) in [6.45, 7) is 9.27. The first-order valence-corrected chi connectivity index (χ1v) is 9.15. The maximum atomic E-state index is 5.49. The molecule has 0 bridgehead atoms. The topological polar surface area (TPSA) is 76.4 Å². The van der Waals surface area contributed by atoms with Crippen LogP contribution in [-0.4, -0.2) is 40.9 Å². The van der Waals surface area contributed by atoms with Crippen molar-refractivity contribution in [1.82, 2.24) is 25.4 Å². The normalized spacial score (nSPS) is 11.0. The van der Waals surface area contributed by atoms with E-state index in [0.717, 1.165) is 43.1 Å². The third-order valence-electron chi connectivity index (χ3n) is 3.88. The Kier molecular flexibility index (Phi) is 10.8. The molecule has 7 nitrogen and oxygen atoms in total. The van der Waals surface area contributed by atoms with Crippen molar-refractivity contribution < 1.29 is 4.74 Å². The summed E-state index contributed by atoms with van der Waals surface area (Å²) < 4.78 is 7.54. The van der Waals surface area contributed by atoms with Crippen LogP contribution in [0.2, 0.25) is 0 Å². The van der Waals surface area contributed by atoms with E-state index in [1.54, 1.807) is 7.05 Å². The molecule has 0 spiro atoms. The van der Waals surface area contributed by atoms with Gasteiger partial charge in [0.1, 0.15) is 0 Å². The van der Waals surface area contributed by atoms with Crippen molar-refractivity contribution in [3.63, 3.8) is 0 Å². The van der Waals surface area contributed by atoms with E-state index in [-0.39, 0.29) is 24.0 Å². The standard InChI is InChI=1S/C19H30N6O.HI/c1-5-11-26-18-8-7-17(13-22-18)14-23-19(20-4)21-9-6-10-25-16(3)12-15(2)24-25;/h7-8,12-13H,5-6,9-11,14H2,1-4H3,(H2,20,21,23);1H. The van der Waals surface area contributed by atoms with Gasteiger partial charge in [0.25, 0.3) is 0 Å². The quantitative estimate of drug-likeness (QED) is 0.247. The highest BCUT2D eigenvalue weighted by molar-refractivity contribution is 14.0. The summed E-state index contributed by atoms with van der Waals surface area (Å²) in [6.07, 6.45) is 3.79. The number of aryl methyl sites for hydroxylation is 3. The molecule has 0 radical (unpaired) electrons. The molecule has 150 valence electrons. The van der Waals surface area contributed by atoms with Gasteiger partial charge in [0, 0.05) is 44.6 Å². The van der Waals surface area contributed by atoms with Crippen LogP contribution in [0.5, 0.6) is 5.88 Å². The monoisotopic (exact) mass is 486 g/mol. The summed E-state index contributed by atoms with van der Waals surface area (Å²) in [5, 5.41) is 11.1. The van der Waals surface area contributed by atoms with E-state index in [4.69, 9.17) is 4.74 Å². The molecule has 2 rings (SSSR count). The first-order valence-electron chi connectivity index (χ1n) is 9.15. The Labute approximate surface area is 179 Å². The van der Waals surface area contributed by atoms with Gasteiger partial charge < -0.3 is 15.4 Å². The van der Waals surface area contributed by atoms with Gasteiger partial charge in [0.15, 0.2) is 5.96 Å². The van der Waals surface area contributed by atoms with Crippen LogP contribution in [-0.2, 0) is 13.1 Å². The Morgan fingerprint density at radius 3 is 2.67 bits per heavy atom. The molecule has 2 aromatic heterocycles. The van der Waals surface area contributed by atoms with Gasteiger partial charge in [-0.25, -0.2) is 4.98 Å². The van der Waals surface area contributed by atoms with Gasteiger partial charge in [-0.3, -0.25) is 9.67 Å². The predicted octanol–water partition coefficient (Wildman–Crippen LogP) is 3.06. The van der Waals surface area contributed by atoms with Crippen molar-refractivity contribution in [3.05, 3.63) is 41.3 Å². The lowest BCUT2D eigenvalue weighted by Crippen LogP contribution is -2.37. The van der Waals surface area contributed by atoms with Crippen LogP contribution in [0.25, 0.3) is 0 Å². The van der Waals surface area contributed by atoms with Crippen LogP contribution in [0, 0.1) is 13.8 Å². The number of halogens is 1. The average molecular weight is 486 g/mol. The molecule has 0 saturated heterocycles. The second-order valence-electron chi connectivity index (χ2n) is 6.21. The third-order valence-corrected chi connectivity index (χ3v) is 3.88. The van der Waals surface area contributed by atoms with Gasteiger partial charge in [-0.1, -0.05) is 13.0 Å². The maximum absolute atomic E-state index is 5.49. The molecule has 2 aromatic rings. The van der Waals surface area contributed by atoms with Gasteiger partial charge in [-0.2, -0.15) is 5.10 Å². The predicted molar refractivity (Wildman–Crippen MR) is 120 cm³/mol. The van der Waals surface area contributed by atoms with E-state index in [1.165, 1.54) is 5.69 Å². The lowest BCUT2D eigenvalue weighted by atomic mass is 10.3. The van der Waals surface area contributed by atoms with Crippen LogP contribution in [0.3, 0.4) is 0 Å². The number of ether oxygens (including phenoxy) is 1. The molecule has 0 aliphatic heterocycles. The fourth-order valence-electron chi connectivity index (χ4n) is 2.55. The Hall–Kier alpha value is -1.84. The largest absolute Gasteiger partial charge is 0.478 e. The second kappa shape index (κ2) is 12.5. The molecular formula is C19H31IN6O. The molecule has 8 heteroatoms. The van der Waals surface area contributed by atoms with E-state index in [0.29, 0.717) is 19.0 Å². The summed E-state index contributed by atoms with van der Waals surface area (Å²) in [4.78, 5) is 8.56. The zero-order valence-electron chi connectivity index (χ0n) is 16.7. The summed E-state index contributed by atoms with van der Waals surface area (Å²) >= 11 is 0. The van der Waals surface area contributed by atoms with Crippen LogP contribution in [0.15, 0.2) is 29.4 Å². The van der Waals surface area contributed by atoms with Gasteiger partial charge in [0.2, 0.25) is 5.88 Å². The van der Waals surface area contributed by atoms with E-state index < -0.39 is 0 Å². The molecule has 0 amide bonds. The van der Waals surface area contributed by atoms with Crippen molar-refractivity contribution >= 4 is 29.9 Å².